The van der Waals surface area contributed by atoms with Crippen LogP contribution in [-0.2, 0) is 0 Å². The van der Waals surface area contributed by atoms with Gasteiger partial charge in [0.1, 0.15) is 5.82 Å². The normalized spacial score (nSPS) is 18.8. The number of benzene rings is 2. The van der Waals surface area contributed by atoms with Crippen molar-refractivity contribution in [3.05, 3.63) is 59.9 Å². The molecular formula is C16H17FN2. The van der Waals surface area contributed by atoms with Crippen LogP contribution in [0, 0.1) is 5.82 Å². The van der Waals surface area contributed by atoms with Gasteiger partial charge in [-0.1, -0.05) is 30.3 Å². The van der Waals surface area contributed by atoms with E-state index in [1.165, 1.54) is 17.7 Å². The van der Waals surface area contributed by atoms with Crippen LogP contribution in [-0.4, -0.2) is 6.54 Å². The van der Waals surface area contributed by atoms with Crippen molar-refractivity contribution in [2.75, 3.05) is 17.2 Å². The van der Waals surface area contributed by atoms with Gasteiger partial charge in [-0.3, -0.25) is 0 Å². The molecule has 0 saturated carbocycles. The largest absolute Gasteiger partial charge is 0.397 e. The van der Waals surface area contributed by atoms with E-state index in [1.54, 1.807) is 6.07 Å². The van der Waals surface area contributed by atoms with Gasteiger partial charge in [-0.05, 0) is 36.6 Å². The lowest BCUT2D eigenvalue weighted by atomic mass is 10.0. The zero-order valence-corrected chi connectivity index (χ0v) is 10.7. The number of rotatable bonds is 2. The number of nitrogens with two attached hydrogens (primary N) is 1. The maximum absolute atomic E-state index is 13.2. The number of nitrogen functional groups attached to an aromatic ring is 1. The minimum Gasteiger partial charge on any atom is -0.397 e. The molecule has 1 aliphatic heterocycles. The molecule has 1 heterocycles. The highest BCUT2D eigenvalue weighted by molar-refractivity contribution is 5.68. The van der Waals surface area contributed by atoms with Gasteiger partial charge in [0.2, 0.25) is 0 Å². The lowest BCUT2D eigenvalue weighted by Crippen LogP contribution is -2.23. The van der Waals surface area contributed by atoms with Gasteiger partial charge in [-0.2, -0.15) is 0 Å². The Kier molecular flexibility index (Phi) is 3.11. The molecule has 3 rings (SSSR count). The molecular weight excluding hydrogens is 239 g/mol. The van der Waals surface area contributed by atoms with Gasteiger partial charge in [0.05, 0.1) is 17.4 Å². The molecule has 2 N–H and O–H groups in total. The Morgan fingerprint density at radius 3 is 2.63 bits per heavy atom. The summed E-state index contributed by atoms with van der Waals surface area (Å²) in [6.45, 7) is 0.968. The highest BCUT2D eigenvalue weighted by atomic mass is 19.1. The molecule has 0 amide bonds. The number of hydrogen-bond donors (Lipinski definition) is 1. The zero-order chi connectivity index (χ0) is 13.2. The number of anilines is 2. The summed E-state index contributed by atoms with van der Waals surface area (Å²) in [5.74, 6) is -0.281. The quantitative estimate of drug-likeness (QED) is 0.829. The maximum Gasteiger partial charge on any atom is 0.125 e. The van der Waals surface area contributed by atoms with Crippen LogP contribution in [0.25, 0.3) is 0 Å². The van der Waals surface area contributed by atoms with Crippen molar-refractivity contribution in [2.24, 2.45) is 0 Å². The van der Waals surface area contributed by atoms with E-state index >= 15 is 0 Å². The summed E-state index contributed by atoms with van der Waals surface area (Å²) in [7, 11) is 0. The molecule has 0 aliphatic carbocycles. The fourth-order valence-electron chi connectivity index (χ4n) is 2.86. The van der Waals surface area contributed by atoms with Crippen LogP contribution < -0.4 is 10.6 Å². The van der Waals surface area contributed by atoms with Crippen LogP contribution in [0.2, 0.25) is 0 Å². The molecule has 19 heavy (non-hydrogen) atoms. The van der Waals surface area contributed by atoms with Crippen molar-refractivity contribution >= 4 is 11.4 Å². The molecule has 2 aromatic carbocycles. The molecule has 0 spiro atoms. The van der Waals surface area contributed by atoms with Crippen LogP contribution >= 0.6 is 0 Å². The molecule has 3 heteroatoms. The zero-order valence-electron chi connectivity index (χ0n) is 10.7. The number of halogens is 1. The smallest absolute Gasteiger partial charge is 0.125 e. The molecule has 1 saturated heterocycles. The summed E-state index contributed by atoms with van der Waals surface area (Å²) in [6.07, 6.45) is 2.25. The Morgan fingerprint density at radius 1 is 1.11 bits per heavy atom. The first-order valence-corrected chi connectivity index (χ1v) is 6.62. The van der Waals surface area contributed by atoms with Gasteiger partial charge >= 0.3 is 0 Å². The summed E-state index contributed by atoms with van der Waals surface area (Å²) >= 11 is 0. The maximum atomic E-state index is 13.2. The van der Waals surface area contributed by atoms with Gasteiger partial charge < -0.3 is 10.6 Å². The van der Waals surface area contributed by atoms with E-state index in [2.05, 4.69) is 29.2 Å². The SMILES string of the molecule is Nc1cc(F)ccc1N1CCCC1c1ccccc1. The molecule has 0 radical (unpaired) electrons. The monoisotopic (exact) mass is 256 g/mol. The third kappa shape index (κ3) is 2.28. The highest BCUT2D eigenvalue weighted by Gasteiger charge is 2.27. The first-order chi connectivity index (χ1) is 9.25. The molecule has 2 aromatic rings. The topological polar surface area (TPSA) is 29.3 Å². The first-order valence-electron chi connectivity index (χ1n) is 6.62. The van der Waals surface area contributed by atoms with Crippen LogP contribution in [0.15, 0.2) is 48.5 Å². The highest BCUT2D eigenvalue weighted by Crippen LogP contribution is 2.38. The Bertz CT molecular complexity index is 568. The second kappa shape index (κ2) is 4.92. The number of hydrogen-bond acceptors (Lipinski definition) is 2. The van der Waals surface area contributed by atoms with Crippen LogP contribution in [0.1, 0.15) is 24.4 Å². The third-order valence-corrected chi connectivity index (χ3v) is 3.74. The summed E-state index contributed by atoms with van der Waals surface area (Å²) < 4.78 is 13.2. The Hall–Kier alpha value is -2.03. The van der Waals surface area contributed by atoms with E-state index < -0.39 is 0 Å². The van der Waals surface area contributed by atoms with E-state index in [4.69, 9.17) is 5.73 Å². The molecule has 1 unspecified atom stereocenters. The molecule has 0 bridgehead atoms. The predicted octanol–water partition coefficient (Wildman–Crippen LogP) is 3.75. The molecule has 1 aliphatic rings. The van der Waals surface area contributed by atoms with Gasteiger partial charge in [-0.15, -0.1) is 0 Å². The van der Waals surface area contributed by atoms with E-state index in [9.17, 15) is 4.39 Å². The average molecular weight is 256 g/mol. The minimum atomic E-state index is -0.281. The van der Waals surface area contributed by atoms with Crippen LogP contribution in [0.3, 0.4) is 0 Å². The fraction of sp³-hybridized carbons (Fsp3) is 0.250. The Morgan fingerprint density at radius 2 is 1.89 bits per heavy atom. The Balaban J connectivity index is 1.95. The van der Waals surface area contributed by atoms with Crippen molar-refractivity contribution in [1.29, 1.82) is 0 Å². The molecule has 1 fully saturated rings. The van der Waals surface area contributed by atoms with Crippen molar-refractivity contribution in [2.45, 2.75) is 18.9 Å². The Labute approximate surface area is 112 Å². The van der Waals surface area contributed by atoms with Crippen molar-refractivity contribution in [1.82, 2.24) is 0 Å². The molecule has 0 aromatic heterocycles. The van der Waals surface area contributed by atoms with E-state index in [0.717, 1.165) is 25.1 Å². The van der Waals surface area contributed by atoms with Crippen LogP contribution in [0.5, 0.6) is 0 Å². The lowest BCUT2D eigenvalue weighted by molar-refractivity contribution is 0.627. The fourth-order valence-corrected chi connectivity index (χ4v) is 2.86. The first kappa shape index (κ1) is 12.0. The van der Waals surface area contributed by atoms with Crippen molar-refractivity contribution in [3.63, 3.8) is 0 Å². The summed E-state index contributed by atoms with van der Waals surface area (Å²) in [6, 6.07) is 15.4. The molecule has 2 nitrogen and oxygen atoms in total. The van der Waals surface area contributed by atoms with E-state index in [0.29, 0.717) is 11.7 Å². The van der Waals surface area contributed by atoms with Gasteiger partial charge in [-0.25, -0.2) is 4.39 Å². The molecule has 98 valence electrons. The second-order valence-electron chi connectivity index (χ2n) is 4.97. The van der Waals surface area contributed by atoms with Crippen molar-refractivity contribution < 1.29 is 4.39 Å². The molecule has 1 atom stereocenters. The van der Waals surface area contributed by atoms with Gasteiger partial charge in [0.25, 0.3) is 0 Å². The third-order valence-electron chi connectivity index (χ3n) is 3.74. The lowest BCUT2D eigenvalue weighted by Gasteiger charge is -2.28. The summed E-state index contributed by atoms with van der Waals surface area (Å²) in [5, 5.41) is 0. The van der Waals surface area contributed by atoms with Crippen molar-refractivity contribution in [3.8, 4) is 0 Å². The van der Waals surface area contributed by atoms with Gasteiger partial charge in [0.15, 0.2) is 0 Å². The number of nitrogens with zero attached hydrogens (tertiary/aromatic N) is 1. The van der Waals surface area contributed by atoms with E-state index in [1.807, 2.05) is 6.07 Å². The average Bonchev–Trinajstić information content (AvgIpc) is 2.89. The van der Waals surface area contributed by atoms with Crippen LogP contribution in [0.4, 0.5) is 15.8 Å². The summed E-state index contributed by atoms with van der Waals surface area (Å²) in [4.78, 5) is 2.28. The predicted molar refractivity (Wildman–Crippen MR) is 76.6 cm³/mol. The minimum absolute atomic E-state index is 0.281. The second-order valence-corrected chi connectivity index (χ2v) is 4.97. The van der Waals surface area contributed by atoms with Gasteiger partial charge in [0, 0.05) is 6.54 Å². The van der Waals surface area contributed by atoms with E-state index in [-0.39, 0.29) is 5.82 Å². The standard InChI is InChI=1S/C16H17FN2/c17-13-8-9-16(14(18)11-13)19-10-4-7-15(19)12-5-2-1-3-6-12/h1-3,5-6,8-9,11,15H,4,7,10,18H2. The summed E-state index contributed by atoms with van der Waals surface area (Å²) in [5.41, 5.74) is 8.71.